The predicted molar refractivity (Wildman–Crippen MR) is 99.5 cm³/mol. The third-order valence-corrected chi connectivity index (χ3v) is 4.00. The predicted octanol–water partition coefficient (Wildman–Crippen LogP) is 0.823. The fourth-order valence-corrected chi connectivity index (χ4v) is 2.39. The molecule has 0 aromatic heterocycles. The maximum Gasteiger partial charge on any atom is 0.407 e. The number of thiocarbonyl (C=S) groups is 1. The van der Waals surface area contributed by atoms with Crippen molar-refractivity contribution in [3.8, 4) is 0 Å². The van der Waals surface area contributed by atoms with Crippen molar-refractivity contribution in [1.82, 2.24) is 16.0 Å². The largest absolute Gasteiger partial charge is 0.444 e. The van der Waals surface area contributed by atoms with Gasteiger partial charge in [-0.2, -0.15) is 0 Å². The zero-order chi connectivity index (χ0) is 19.1. The Balaban J connectivity index is 2.26. The van der Waals surface area contributed by atoms with Crippen LogP contribution >= 0.6 is 12.2 Å². The van der Waals surface area contributed by atoms with Gasteiger partial charge in [0.15, 0.2) is 5.11 Å². The molecule has 1 rings (SSSR count). The topological polar surface area (TPSA) is 123 Å². The lowest BCUT2D eigenvalue weighted by Crippen LogP contribution is -2.41. The number of benzene rings is 1. The molecular weight excluding hydrogens is 364 g/mol. The van der Waals surface area contributed by atoms with Crippen LogP contribution in [-0.2, 0) is 21.3 Å². The molecule has 0 heterocycles. The van der Waals surface area contributed by atoms with E-state index in [1.165, 1.54) is 12.1 Å². The van der Waals surface area contributed by atoms with E-state index in [0.29, 0.717) is 24.7 Å². The fourth-order valence-electron chi connectivity index (χ4n) is 1.70. The summed E-state index contributed by atoms with van der Waals surface area (Å²) in [4.78, 5) is 11.5. The second-order valence-corrected chi connectivity index (χ2v) is 8.20. The zero-order valence-corrected chi connectivity index (χ0v) is 16.1. The smallest absolute Gasteiger partial charge is 0.407 e. The molecule has 0 spiro atoms. The summed E-state index contributed by atoms with van der Waals surface area (Å²) in [5, 5.41) is 14.0. The highest BCUT2D eigenvalue weighted by Gasteiger charge is 2.15. The number of alkyl carbamates (subject to hydrolysis) is 1. The van der Waals surface area contributed by atoms with E-state index < -0.39 is 21.7 Å². The van der Waals surface area contributed by atoms with Crippen LogP contribution in [-0.4, -0.2) is 38.3 Å². The number of primary sulfonamides is 1. The molecule has 0 aliphatic rings. The van der Waals surface area contributed by atoms with Crippen molar-refractivity contribution in [3.63, 3.8) is 0 Å². The van der Waals surface area contributed by atoms with Gasteiger partial charge in [0, 0.05) is 19.6 Å². The third-order valence-electron chi connectivity index (χ3n) is 2.78. The monoisotopic (exact) mass is 388 g/mol. The number of nitrogens with two attached hydrogens (primary N) is 1. The Kier molecular flexibility index (Phi) is 7.59. The lowest BCUT2D eigenvalue weighted by molar-refractivity contribution is 0.0529. The number of sulfonamides is 1. The molecule has 0 bridgehead atoms. The van der Waals surface area contributed by atoms with Gasteiger partial charge in [-0.1, -0.05) is 12.1 Å². The van der Waals surface area contributed by atoms with Gasteiger partial charge < -0.3 is 20.7 Å². The van der Waals surface area contributed by atoms with Crippen molar-refractivity contribution >= 4 is 33.4 Å². The first-order valence-corrected chi connectivity index (χ1v) is 9.53. The van der Waals surface area contributed by atoms with Crippen LogP contribution in [0.25, 0.3) is 0 Å². The Bertz CT molecular complexity index is 697. The van der Waals surface area contributed by atoms with Crippen LogP contribution in [0.5, 0.6) is 0 Å². The molecule has 0 atom stereocenters. The molecule has 0 aliphatic carbocycles. The van der Waals surface area contributed by atoms with Crippen LogP contribution in [0.3, 0.4) is 0 Å². The second kappa shape index (κ2) is 8.97. The summed E-state index contributed by atoms with van der Waals surface area (Å²) >= 11 is 5.12. The van der Waals surface area contributed by atoms with Gasteiger partial charge in [0.2, 0.25) is 10.0 Å². The minimum Gasteiger partial charge on any atom is -0.444 e. The molecule has 1 amide bonds. The van der Waals surface area contributed by atoms with Crippen molar-refractivity contribution in [2.45, 2.75) is 37.8 Å². The van der Waals surface area contributed by atoms with Gasteiger partial charge >= 0.3 is 6.09 Å². The van der Waals surface area contributed by atoms with Crippen molar-refractivity contribution in [3.05, 3.63) is 29.8 Å². The standard InChI is InChI=1S/C15H24N4O4S2/c1-15(2,3)23-14(20)18-9-8-17-13(24)19-10-11-4-6-12(7-5-11)25(16,21)22/h4-7H,8-10H2,1-3H3,(H,18,20)(H2,16,21,22)(H2,17,19,24). The first-order chi connectivity index (χ1) is 11.5. The van der Waals surface area contributed by atoms with Gasteiger partial charge in [0.05, 0.1) is 4.90 Å². The van der Waals surface area contributed by atoms with Gasteiger partial charge in [-0.3, -0.25) is 0 Å². The maximum atomic E-state index is 11.5. The number of rotatable bonds is 6. The Hall–Kier alpha value is -1.91. The number of ether oxygens (including phenoxy) is 1. The summed E-state index contributed by atoms with van der Waals surface area (Å²) < 4.78 is 27.5. The SMILES string of the molecule is CC(C)(C)OC(=O)NCCNC(=S)NCc1ccc(S(N)(=O)=O)cc1. The molecular formula is C15H24N4O4S2. The average molecular weight is 389 g/mol. The summed E-state index contributed by atoms with van der Waals surface area (Å²) in [6, 6.07) is 6.18. The van der Waals surface area contributed by atoms with Gasteiger partial charge in [0.25, 0.3) is 0 Å². The van der Waals surface area contributed by atoms with E-state index in [1.807, 2.05) is 0 Å². The molecule has 1 aromatic rings. The van der Waals surface area contributed by atoms with E-state index in [2.05, 4.69) is 16.0 Å². The van der Waals surface area contributed by atoms with Crippen LogP contribution in [0, 0.1) is 0 Å². The quantitative estimate of drug-likeness (QED) is 0.420. The van der Waals surface area contributed by atoms with E-state index in [9.17, 15) is 13.2 Å². The third kappa shape index (κ3) is 9.22. The molecule has 0 fully saturated rings. The second-order valence-electron chi connectivity index (χ2n) is 6.23. The van der Waals surface area contributed by atoms with Crippen LogP contribution < -0.4 is 21.1 Å². The first-order valence-electron chi connectivity index (χ1n) is 7.58. The summed E-state index contributed by atoms with van der Waals surface area (Å²) in [7, 11) is -3.69. The van der Waals surface area contributed by atoms with E-state index >= 15 is 0 Å². The molecule has 1 aromatic carbocycles. The molecule has 8 nitrogen and oxygen atoms in total. The molecule has 0 saturated carbocycles. The zero-order valence-electron chi connectivity index (χ0n) is 14.5. The summed E-state index contributed by atoms with van der Waals surface area (Å²) in [5.74, 6) is 0. The summed E-state index contributed by atoms with van der Waals surface area (Å²) in [5.41, 5.74) is 0.316. The van der Waals surface area contributed by atoms with E-state index in [-0.39, 0.29) is 4.90 Å². The minimum absolute atomic E-state index is 0.0603. The number of carbonyl (C=O) groups excluding carboxylic acids is 1. The number of nitrogens with one attached hydrogen (secondary N) is 3. The highest BCUT2D eigenvalue weighted by molar-refractivity contribution is 7.89. The fraction of sp³-hybridized carbons (Fsp3) is 0.467. The molecule has 5 N–H and O–H groups in total. The molecule has 10 heteroatoms. The van der Waals surface area contributed by atoms with Gasteiger partial charge in [-0.15, -0.1) is 0 Å². The summed E-state index contributed by atoms with van der Waals surface area (Å²) in [6.07, 6.45) is -0.483. The van der Waals surface area contributed by atoms with Crippen molar-refractivity contribution in [1.29, 1.82) is 0 Å². The van der Waals surface area contributed by atoms with Crippen molar-refractivity contribution in [2.75, 3.05) is 13.1 Å². The van der Waals surface area contributed by atoms with Crippen molar-refractivity contribution < 1.29 is 17.9 Å². The molecule has 0 saturated heterocycles. The Morgan fingerprint density at radius 2 is 1.68 bits per heavy atom. The van der Waals surface area contributed by atoms with E-state index in [1.54, 1.807) is 32.9 Å². The van der Waals surface area contributed by atoms with Crippen LogP contribution in [0.4, 0.5) is 4.79 Å². The van der Waals surface area contributed by atoms with E-state index in [4.69, 9.17) is 22.1 Å². The van der Waals surface area contributed by atoms with Crippen molar-refractivity contribution in [2.24, 2.45) is 5.14 Å². The van der Waals surface area contributed by atoms with E-state index in [0.717, 1.165) is 5.56 Å². The van der Waals surface area contributed by atoms with Crippen LogP contribution in [0.2, 0.25) is 0 Å². The minimum atomic E-state index is -3.69. The highest BCUT2D eigenvalue weighted by atomic mass is 32.2. The Morgan fingerprint density at radius 1 is 1.12 bits per heavy atom. The molecule has 140 valence electrons. The lowest BCUT2D eigenvalue weighted by atomic mass is 10.2. The van der Waals surface area contributed by atoms with Crippen LogP contribution in [0.15, 0.2) is 29.2 Å². The highest BCUT2D eigenvalue weighted by Crippen LogP contribution is 2.08. The molecule has 0 unspecified atom stereocenters. The average Bonchev–Trinajstić information content (AvgIpc) is 2.47. The number of carbonyl (C=O) groups is 1. The van der Waals surface area contributed by atoms with Crippen LogP contribution in [0.1, 0.15) is 26.3 Å². The molecule has 0 radical (unpaired) electrons. The molecule has 0 aliphatic heterocycles. The van der Waals surface area contributed by atoms with Gasteiger partial charge in [-0.05, 0) is 50.7 Å². The lowest BCUT2D eigenvalue weighted by Gasteiger charge is -2.19. The normalized spacial score (nSPS) is 11.5. The summed E-state index contributed by atoms with van der Waals surface area (Å²) in [6.45, 7) is 6.60. The first kappa shape index (κ1) is 21.1. The number of hydrogen-bond acceptors (Lipinski definition) is 5. The number of hydrogen-bond donors (Lipinski definition) is 4. The maximum absolute atomic E-state index is 11.5. The van der Waals surface area contributed by atoms with Gasteiger partial charge in [-0.25, -0.2) is 18.4 Å². The Morgan fingerprint density at radius 3 is 2.20 bits per heavy atom. The Labute approximate surface area is 153 Å². The number of amides is 1. The molecule has 25 heavy (non-hydrogen) atoms. The van der Waals surface area contributed by atoms with Gasteiger partial charge in [0.1, 0.15) is 5.60 Å².